The van der Waals surface area contributed by atoms with Crippen LogP contribution in [0.15, 0.2) is 24.3 Å². The lowest BCUT2D eigenvalue weighted by Gasteiger charge is -2.12. The maximum atomic E-state index is 12.8. The van der Waals surface area contributed by atoms with E-state index in [1.807, 2.05) is 39.8 Å². The third-order valence-electron chi connectivity index (χ3n) is 4.59. The second-order valence-corrected chi connectivity index (χ2v) is 8.51. The SMILES string of the molecule is COc1cc(C)cc(OC)c1C(=O)CC[P+](=O)C(=O)c1c(C)cc(C)cc1C. The van der Waals surface area contributed by atoms with Gasteiger partial charge >= 0.3 is 13.3 Å². The van der Waals surface area contributed by atoms with Crippen LogP contribution >= 0.6 is 7.80 Å². The van der Waals surface area contributed by atoms with Crippen LogP contribution in [0.2, 0.25) is 0 Å². The van der Waals surface area contributed by atoms with Gasteiger partial charge in [-0.2, -0.15) is 0 Å². The van der Waals surface area contributed by atoms with Gasteiger partial charge in [0.2, 0.25) is 0 Å². The summed E-state index contributed by atoms with van der Waals surface area (Å²) < 4.78 is 23.2. The number of ketones is 1. The third kappa shape index (κ3) is 4.66. The van der Waals surface area contributed by atoms with Crippen molar-refractivity contribution in [3.05, 3.63) is 57.6 Å². The number of carbonyl (C=O) groups excluding carboxylic acids is 2. The van der Waals surface area contributed by atoms with Gasteiger partial charge < -0.3 is 9.47 Å². The highest BCUT2D eigenvalue weighted by molar-refractivity contribution is 7.64. The van der Waals surface area contributed by atoms with Crippen molar-refractivity contribution in [3.63, 3.8) is 0 Å². The highest BCUT2D eigenvalue weighted by atomic mass is 31.1. The Kier molecular flexibility index (Phi) is 7.09. The summed E-state index contributed by atoms with van der Waals surface area (Å²) in [5, 5.41) is 0. The van der Waals surface area contributed by atoms with Crippen molar-refractivity contribution in [1.29, 1.82) is 0 Å². The summed E-state index contributed by atoms with van der Waals surface area (Å²) in [4.78, 5) is 25.5. The fourth-order valence-electron chi connectivity index (χ4n) is 3.39. The van der Waals surface area contributed by atoms with Crippen molar-refractivity contribution in [3.8, 4) is 11.5 Å². The average molecular weight is 401 g/mol. The van der Waals surface area contributed by atoms with Gasteiger partial charge in [-0.3, -0.25) is 4.79 Å². The Bertz CT molecular complexity index is 898. The van der Waals surface area contributed by atoms with Gasteiger partial charge in [-0.1, -0.05) is 22.3 Å². The van der Waals surface area contributed by atoms with Crippen molar-refractivity contribution >= 4 is 19.1 Å². The predicted octanol–water partition coefficient (Wildman–Crippen LogP) is 5.18. The molecule has 0 amide bonds. The highest BCUT2D eigenvalue weighted by Crippen LogP contribution is 2.35. The predicted molar refractivity (Wildman–Crippen MR) is 111 cm³/mol. The summed E-state index contributed by atoms with van der Waals surface area (Å²) in [7, 11) is 0.760. The Labute approximate surface area is 166 Å². The van der Waals surface area contributed by atoms with E-state index in [1.54, 1.807) is 12.1 Å². The van der Waals surface area contributed by atoms with Gasteiger partial charge in [0.25, 0.3) is 0 Å². The molecule has 0 fully saturated rings. The van der Waals surface area contributed by atoms with Crippen LogP contribution in [0, 0.1) is 27.7 Å². The fourth-order valence-corrected chi connectivity index (χ4v) is 4.60. The first kappa shape index (κ1) is 21.8. The average Bonchev–Trinajstić information content (AvgIpc) is 2.63. The van der Waals surface area contributed by atoms with E-state index in [0.29, 0.717) is 22.6 Å². The Morgan fingerprint density at radius 2 is 1.29 bits per heavy atom. The van der Waals surface area contributed by atoms with Crippen molar-refractivity contribution in [2.45, 2.75) is 34.1 Å². The van der Waals surface area contributed by atoms with Crippen LogP contribution in [0.4, 0.5) is 0 Å². The molecule has 0 aromatic heterocycles. The molecular formula is C22H26O5P+. The number of methoxy groups -OCH3 is 2. The monoisotopic (exact) mass is 401 g/mol. The van der Waals surface area contributed by atoms with Gasteiger partial charge in [-0.25, -0.2) is 4.79 Å². The molecule has 2 aromatic rings. The first-order valence-electron chi connectivity index (χ1n) is 9.02. The molecule has 1 atom stereocenters. The van der Waals surface area contributed by atoms with Gasteiger partial charge in [-0.15, -0.1) is 0 Å². The number of hydrogen-bond acceptors (Lipinski definition) is 5. The van der Waals surface area contributed by atoms with Crippen LogP contribution in [0.25, 0.3) is 0 Å². The van der Waals surface area contributed by atoms with Gasteiger partial charge in [0.1, 0.15) is 17.1 Å². The van der Waals surface area contributed by atoms with Crippen molar-refractivity contribution in [2.24, 2.45) is 0 Å². The molecule has 0 spiro atoms. The first-order valence-corrected chi connectivity index (χ1v) is 10.5. The molecule has 0 aliphatic heterocycles. The summed E-state index contributed by atoms with van der Waals surface area (Å²) in [5.41, 5.74) is 3.96. The third-order valence-corrected chi connectivity index (χ3v) is 5.89. The minimum Gasteiger partial charge on any atom is -0.496 e. The second kappa shape index (κ2) is 9.11. The number of aryl methyl sites for hydroxylation is 4. The van der Waals surface area contributed by atoms with Crippen LogP contribution in [-0.4, -0.2) is 31.7 Å². The number of rotatable bonds is 8. The molecule has 148 valence electrons. The highest BCUT2D eigenvalue weighted by Gasteiger charge is 2.33. The van der Waals surface area contributed by atoms with Crippen LogP contribution < -0.4 is 9.47 Å². The quantitative estimate of drug-likeness (QED) is 0.450. The Balaban J connectivity index is 2.20. The standard InChI is InChI=1S/C22H26O5P/c1-13-9-15(3)20(16(4)10-13)22(24)28(25)8-7-17(23)21-18(26-5)11-14(2)12-19(21)27-6/h9-12H,7-8H2,1-6H3/q+1. The van der Waals surface area contributed by atoms with Gasteiger partial charge in [0, 0.05) is 0 Å². The lowest BCUT2D eigenvalue weighted by molar-refractivity contribution is 0.0983. The Morgan fingerprint density at radius 1 is 0.821 bits per heavy atom. The zero-order valence-electron chi connectivity index (χ0n) is 17.2. The number of benzene rings is 2. The molecule has 0 bridgehead atoms. The minimum absolute atomic E-state index is 0.0139. The molecule has 1 unspecified atom stereocenters. The molecule has 2 aromatic carbocycles. The summed E-state index contributed by atoms with van der Waals surface area (Å²) in [6.07, 6.45) is -0.0410. The zero-order valence-corrected chi connectivity index (χ0v) is 18.1. The second-order valence-electron chi connectivity index (χ2n) is 6.90. The summed E-state index contributed by atoms with van der Waals surface area (Å²) in [6.45, 7) is 7.50. The zero-order chi connectivity index (χ0) is 21.0. The van der Waals surface area contributed by atoms with E-state index in [2.05, 4.69) is 0 Å². The topological polar surface area (TPSA) is 69.7 Å². The van der Waals surface area contributed by atoms with Crippen LogP contribution in [0.1, 0.15) is 49.4 Å². The van der Waals surface area contributed by atoms with E-state index in [0.717, 1.165) is 22.3 Å². The van der Waals surface area contributed by atoms with Crippen molar-refractivity contribution < 1.29 is 23.6 Å². The lowest BCUT2D eigenvalue weighted by Crippen LogP contribution is -2.08. The number of Topliss-reactive ketones (excluding diaryl/α,β-unsaturated/α-hetero) is 1. The van der Waals surface area contributed by atoms with Crippen molar-refractivity contribution in [1.82, 2.24) is 0 Å². The molecule has 6 heteroatoms. The normalized spacial score (nSPS) is 11.1. The molecule has 0 saturated heterocycles. The van der Waals surface area contributed by atoms with Gasteiger partial charge in [0.15, 0.2) is 11.9 Å². The van der Waals surface area contributed by atoms with E-state index in [-0.39, 0.29) is 18.4 Å². The lowest BCUT2D eigenvalue weighted by atomic mass is 10.0. The fraction of sp³-hybridized carbons (Fsp3) is 0.364. The molecular weight excluding hydrogens is 375 g/mol. The van der Waals surface area contributed by atoms with E-state index >= 15 is 0 Å². The maximum absolute atomic E-state index is 12.8. The summed E-state index contributed by atoms with van der Waals surface area (Å²) >= 11 is 0. The van der Waals surface area contributed by atoms with Crippen LogP contribution in [0.3, 0.4) is 0 Å². The molecule has 0 aliphatic rings. The van der Waals surface area contributed by atoms with Crippen LogP contribution in [-0.2, 0) is 4.57 Å². The van der Waals surface area contributed by atoms with E-state index < -0.39 is 13.3 Å². The van der Waals surface area contributed by atoms with E-state index in [4.69, 9.17) is 9.47 Å². The maximum Gasteiger partial charge on any atom is 0.420 e. The number of hydrogen-bond donors (Lipinski definition) is 0. The molecule has 0 radical (unpaired) electrons. The molecule has 0 heterocycles. The molecule has 0 saturated carbocycles. The number of ether oxygens (including phenoxy) is 2. The minimum atomic E-state index is -2.21. The largest absolute Gasteiger partial charge is 0.496 e. The van der Waals surface area contributed by atoms with Gasteiger partial charge in [0.05, 0.1) is 26.2 Å². The summed E-state index contributed by atoms with van der Waals surface area (Å²) in [5.74, 6) is 0.560. The van der Waals surface area contributed by atoms with E-state index in [9.17, 15) is 14.2 Å². The number of carbonyl (C=O) groups is 2. The molecule has 28 heavy (non-hydrogen) atoms. The van der Waals surface area contributed by atoms with Crippen molar-refractivity contribution in [2.75, 3.05) is 20.4 Å². The molecule has 5 nitrogen and oxygen atoms in total. The van der Waals surface area contributed by atoms with Crippen LogP contribution in [0.5, 0.6) is 11.5 Å². The summed E-state index contributed by atoms with van der Waals surface area (Å²) in [6, 6.07) is 7.30. The molecule has 2 rings (SSSR count). The van der Waals surface area contributed by atoms with Gasteiger partial charge in [-0.05, 0) is 56.5 Å². The Hall–Kier alpha value is -2.52. The molecule has 0 N–H and O–H groups in total. The first-order chi connectivity index (χ1) is 13.2. The Morgan fingerprint density at radius 3 is 1.75 bits per heavy atom. The molecule has 0 aliphatic carbocycles. The van der Waals surface area contributed by atoms with E-state index in [1.165, 1.54) is 14.2 Å². The smallest absolute Gasteiger partial charge is 0.420 e.